The van der Waals surface area contributed by atoms with Gasteiger partial charge in [0.25, 0.3) is 0 Å². The predicted molar refractivity (Wildman–Crippen MR) is 131 cm³/mol. The van der Waals surface area contributed by atoms with Crippen LogP contribution in [-0.4, -0.2) is 44.6 Å². The molecule has 0 unspecified atom stereocenters. The number of piperidine rings is 1. The molecule has 0 radical (unpaired) electrons. The maximum absolute atomic E-state index is 15.3. The Morgan fingerprint density at radius 2 is 1.79 bits per heavy atom. The predicted octanol–water partition coefficient (Wildman–Crippen LogP) is 5.96. The van der Waals surface area contributed by atoms with Gasteiger partial charge in [-0.05, 0) is 69.2 Å². The number of H-pyrrole nitrogens is 1. The van der Waals surface area contributed by atoms with Gasteiger partial charge in [0.1, 0.15) is 17.0 Å². The van der Waals surface area contributed by atoms with Gasteiger partial charge in [-0.2, -0.15) is 0 Å². The number of likely N-dealkylation sites (tertiary alicyclic amines) is 1. The largest absolute Gasteiger partial charge is 0.346 e. The molecule has 0 spiro atoms. The highest BCUT2D eigenvalue weighted by Crippen LogP contribution is 2.36. The summed E-state index contributed by atoms with van der Waals surface area (Å²) in [5.41, 5.74) is 6.06. The van der Waals surface area contributed by atoms with E-state index in [0.717, 1.165) is 70.6 Å². The van der Waals surface area contributed by atoms with Gasteiger partial charge < -0.3 is 14.5 Å². The van der Waals surface area contributed by atoms with Gasteiger partial charge in [0.2, 0.25) is 0 Å². The van der Waals surface area contributed by atoms with Crippen molar-refractivity contribution in [1.29, 1.82) is 0 Å². The van der Waals surface area contributed by atoms with E-state index in [0.29, 0.717) is 11.6 Å². The van der Waals surface area contributed by atoms with Crippen LogP contribution in [0.1, 0.15) is 24.7 Å². The monoisotopic (exact) mass is 439 g/mol. The Hall–Kier alpha value is -3.51. The standard InChI is InChI=1S/C27H26FN5/c1-17-31-26-24(28)13-19(14-25(26)33(17)21-8-10-32(2)11-9-21)23-16-30-27-22(23)12-20(15-29-27)18-6-4-3-5-7-18/h3-7,12-16,21H,8-11H2,1-2H3,(H,29,30). The first-order valence-electron chi connectivity index (χ1n) is 11.5. The van der Waals surface area contributed by atoms with E-state index in [1.54, 1.807) is 6.07 Å². The highest BCUT2D eigenvalue weighted by Gasteiger charge is 2.24. The molecule has 0 amide bonds. The highest BCUT2D eigenvalue weighted by atomic mass is 19.1. The number of imidazole rings is 1. The Balaban J connectivity index is 1.50. The minimum Gasteiger partial charge on any atom is -0.346 e. The van der Waals surface area contributed by atoms with Crippen LogP contribution in [0.4, 0.5) is 4.39 Å². The van der Waals surface area contributed by atoms with Crippen LogP contribution < -0.4 is 0 Å². The summed E-state index contributed by atoms with van der Waals surface area (Å²) in [6.45, 7) is 4.07. The van der Waals surface area contributed by atoms with E-state index in [9.17, 15) is 0 Å². The Kier molecular flexibility index (Phi) is 4.76. The summed E-state index contributed by atoms with van der Waals surface area (Å²) in [6.07, 6.45) is 5.90. The molecule has 5 aromatic rings. The fourth-order valence-corrected chi connectivity index (χ4v) is 5.17. The first kappa shape index (κ1) is 20.1. The number of nitrogens with one attached hydrogen (secondary N) is 1. The maximum atomic E-state index is 15.3. The van der Waals surface area contributed by atoms with E-state index in [1.165, 1.54) is 0 Å². The molecule has 1 saturated heterocycles. The maximum Gasteiger partial charge on any atom is 0.151 e. The summed E-state index contributed by atoms with van der Waals surface area (Å²) >= 11 is 0. The summed E-state index contributed by atoms with van der Waals surface area (Å²) in [7, 11) is 2.15. The topological polar surface area (TPSA) is 49.7 Å². The Morgan fingerprint density at radius 1 is 1.00 bits per heavy atom. The number of hydrogen-bond donors (Lipinski definition) is 1. The van der Waals surface area contributed by atoms with Crippen LogP contribution in [0.15, 0.2) is 60.9 Å². The molecular formula is C27H26FN5. The molecule has 1 aliphatic heterocycles. The summed E-state index contributed by atoms with van der Waals surface area (Å²) in [6, 6.07) is 16.4. The second kappa shape index (κ2) is 7.81. The lowest BCUT2D eigenvalue weighted by Gasteiger charge is -2.30. The molecule has 1 fully saturated rings. The zero-order valence-corrected chi connectivity index (χ0v) is 18.8. The molecule has 3 aromatic heterocycles. The third kappa shape index (κ3) is 3.42. The van der Waals surface area contributed by atoms with Crippen LogP contribution in [0.2, 0.25) is 0 Å². The molecule has 0 aliphatic carbocycles. The number of pyridine rings is 1. The molecule has 1 aliphatic rings. The third-order valence-electron chi connectivity index (χ3n) is 6.93. The van der Waals surface area contributed by atoms with Crippen molar-refractivity contribution in [1.82, 2.24) is 24.4 Å². The second-order valence-corrected chi connectivity index (χ2v) is 9.08. The quantitative estimate of drug-likeness (QED) is 0.377. The van der Waals surface area contributed by atoms with Crippen LogP contribution in [-0.2, 0) is 0 Å². The lowest BCUT2D eigenvalue weighted by molar-refractivity contribution is 0.222. The molecule has 33 heavy (non-hydrogen) atoms. The second-order valence-electron chi connectivity index (χ2n) is 9.08. The number of aromatic nitrogens is 4. The number of rotatable bonds is 3. The number of aromatic amines is 1. The minimum atomic E-state index is -0.279. The van der Waals surface area contributed by atoms with Gasteiger partial charge in [0, 0.05) is 34.9 Å². The number of nitrogens with zero attached hydrogens (tertiary/aromatic N) is 4. The Labute approximate surface area is 191 Å². The molecule has 6 rings (SSSR count). The van der Waals surface area contributed by atoms with Gasteiger partial charge >= 0.3 is 0 Å². The first-order chi connectivity index (χ1) is 16.1. The van der Waals surface area contributed by atoms with Crippen molar-refractivity contribution < 1.29 is 4.39 Å². The SMILES string of the molecule is Cc1nc2c(F)cc(-c3c[nH]c4ncc(-c5ccccc5)cc34)cc2n1C1CCN(C)CC1. The van der Waals surface area contributed by atoms with Crippen LogP contribution in [0.3, 0.4) is 0 Å². The molecule has 166 valence electrons. The van der Waals surface area contributed by atoms with Gasteiger partial charge in [-0.1, -0.05) is 30.3 Å². The Bertz CT molecular complexity index is 1460. The van der Waals surface area contributed by atoms with Crippen LogP contribution in [0, 0.1) is 12.7 Å². The van der Waals surface area contributed by atoms with E-state index in [1.807, 2.05) is 37.5 Å². The number of halogens is 1. The van der Waals surface area contributed by atoms with Crippen LogP contribution in [0.25, 0.3) is 44.3 Å². The first-order valence-corrected chi connectivity index (χ1v) is 11.5. The molecule has 4 heterocycles. The fourth-order valence-electron chi connectivity index (χ4n) is 5.17. The molecule has 0 atom stereocenters. The van der Waals surface area contributed by atoms with Gasteiger partial charge in [0.05, 0.1) is 5.52 Å². The average molecular weight is 440 g/mol. The van der Waals surface area contributed by atoms with Gasteiger partial charge in [-0.25, -0.2) is 14.4 Å². The lowest BCUT2D eigenvalue weighted by atomic mass is 10.0. The van der Waals surface area contributed by atoms with Gasteiger partial charge in [0.15, 0.2) is 5.82 Å². The van der Waals surface area contributed by atoms with Crippen molar-refractivity contribution in [2.75, 3.05) is 20.1 Å². The fraction of sp³-hybridized carbons (Fsp3) is 0.259. The van der Waals surface area contributed by atoms with E-state index >= 15 is 4.39 Å². The van der Waals surface area contributed by atoms with E-state index in [-0.39, 0.29) is 5.82 Å². The molecule has 2 aromatic carbocycles. The van der Waals surface area contributed by atoms with Crippen LogP contribution >= 0.6 is 0 Å². The van der Waals surface area contributed by atoms with Crippen molar-refractivity contribution in [2.45, 2.75) is 25.8 Å². The normalized spacial score (nSPS) is 15.6. The minimum absolute atomic E-state index is 0.279. The Morgan fingerprint density at radius 3 is 2.58 bits per heavy atom. The van der Waals surface area contributed by atoms with E-state index in [4.69, 9.17) is 0 Å². The summed E-state index contributed by atoms with van der Waals surface area (Å²) < 4.78 is 17.5. The molecule has 1 N–H and O–H groups in total. The summed E-state index contributed by atoms with van der Waals surface area (Å²) in [4.78, 5) is 14.8. The third-order valence-corrected chi connectivity index (χ3v) is 6.93. The zero-order chi connectivity index (χ0) is 22.5. The van der Waals surface area contributed by atoms with Crippen molar-refractivity contribution in [3.05, 3.63) is 72.6 Å². The zero-order valence-electron chi connectivity index (χ0n) is 18.8. The molecule has 5 nitrogen and oxygen atoms in total. The van der Waals surface area contributed by atoms with Crippen molar-refractivity contribution in [3.63, 3.8) is 0 Å². The molecule has 6 heteroatoms. The summed E-state index contributed by atoms with van der Waals surface area (Å²) in [5.74, 6) is 0.598. The number of benzene rings is 2. The van der Waals surface area contributed by atoms with E-state index in [2.05, 4.69) is 55.7 Å². The lowest BCUT2D eigenvalue weighted by Crippen LogP contribution is -2.31. The molecule has 0 bridgehead atoms. The summed E-state index contributed by atoms with van der Waals surface area (Å²) in [5, 5.41) is 0.984. The van der Waals surface area contributed by atoms with E-state index < -0.39 is 0 Å². The molecule has 0 saturated carbocycles. The molecular weight excluding hydrogens is 413 g/mol. The van der Waals surface area contributed by atoms with Gasteiger partial charge in [-0.3, -0.25) is 0 Å². The number of aryl methyl sites for hydroxylation is 1. The highest BCUT2D eigenvalue weighted by molar-refractivity contribution is 5.97. The van der Waals surface area contributed by atoms with Crippen molar-refractivity contribution in [3.8, 4) is 22.3 Å². The van der Waals surface area contributed by atoms with Crippen molar-refractivity contribution in [2.24, 2.45) is 0 Å². The van der Waals surface area contributed by atoms with Crippen LogP contribution in [0.5, 0.6) is 0 Å². The smallest absolute Gasteiger partial charge is 0.151 e. The average Bonchev–Trinajstić information content (AvgIpc) is 3.41. The van der Waals surface area contributed by atoms with Crippen molar-refractivity contribution >= 4 is 22.1 Å². The number of fused-ring (bicyclic) bond motifs is 2. The van der Waals surface area contributed by atoms with Gasteiger partial charge in [-0.15, -0.1) is 0 Å². The number of hydrogen-bond acceptors (Lipinski definition) is 3.